The Morgan fingerprint density at radius 2 is 1.83 bits per heavy atom. The summed E-state index contributed by atoms with van der Waals surface area (Å²) in [5, 5.41) is 3.25. The van der Waals surface area contributed by atoms with E-state index in [0.717, 1.165) is 12.1 Å². The molecule has 2 aromatic carbocycles. The summed E-state index contributed by atoms with van der Waals surface area (Å²) >= 11 is 6.27. The van der Waals surface area contributed by atoms with Gasteiger partial charge < -0.3 is 19.7 Å². The SMILES string of the molecule is CN(C)c1cccc(C(=O)Nc2cc3c(cc2Cl)OCCCO3)c1. The third-order valence-corrected chi connectivity index (χ3v) is 4.02. The molecule has 0 saturated heterocycles. The standard InChI is InChI=1S/C18H19ClN2O3/c1-21(2)13-6-3-5-12(9-13)18(22)20-15-11-17-16(10-14(15)19)23-7-4-8-24-17/h3,5-6,9-11H,4,7-8H2,1-2H3,(H,20,22). The number of hydrogen-bond donors (Lipinski definition) is 1. The summed E-state index contributed by atoms with van der Waals surface area (Å²) in [4.78, 5) is 14.5. The average molecular weight is 347 g/mol. The lowest BCUT2D eigenvalue weighted by molar-refractivity contribution is 0.102. The van der Waals surface area contributed by atoms with Crippen LogP contribution in [0.25, 0.3) is 0 Å². The molecular formula is C18H19ClN2O3. The van der Waals surface area contributed by atoms with E-state index in [0.29, 0.717) is 41.0 Å². The van der Waals surface area contributed by atoms with Gasteiger partial charge in [0.2, 0.25) is 0 Å². The van der Waals surface area contributed by atoms with E-state index in [9.17, 15) is 4.79 Å². The van der Waals surface area contributed by atoms with Crippen LogP contribution in [0.15, 0.2) is 36.4 Å². The monoisotopic (exact) mass is 346 g/mol. The number of rotatable bonds is 3. The molecule has 0 saturated carbocycles. The van der Waals surface area contributed by atoms with Crippen molar-refractivity contribution >= 4 is 28.9 Å². The number of carbonyl (C=O) groups is 1. The molecule has 1 heterocycles. The second-order valence-electron chi connectivity index (χ2n) is 5.73. The van der Waals surface area contributed by atoms with Gasteiger partial charge in [-0.15, -0.1) is 0 Å². The number of fused-ring (bicyclic) bond motifs is 1. The van der Waals surface area contributed by atoms with Crippen molar-refractivity contribution in [1.29, 1.82) is 0 Å². The number of hydrogen-bond acceptors (Lipinski definition) is 4. The Labute approximate surface area is 146 Å². The highest BCUT2D eigenvalue weighted by Crippen LogP contribution is 2.37. The first-order valence-corrected chi connectivity index (χ1v) is 8.10. The molecule has 6 heteroatoms. The maximum Gasteiger partial charge on any atom is 0.255 e. The predicted molar refractivity (Wildman–Crippen MR) is 95.8 cm³/mol. The molecular weight excluding hydrogens is 328 g/mol. The Morgan fingerprint density at radius 3 is 2.54 bits per heavy atom. The van der Waals surface area contributed by atoms with Crippen LogP contribution in [0.2, 0.25) is 5.02 Å². The number of anilines is 2. The number of nitrogens with zero attached hydrogens (tertiary/aromatic N) is 1. The Morgan fingerprint density at radius 1 is 1.12 bits per heavy atom. The van der Waals surface area contributed by atoms with Crippen molar-refractivity contribution in [3.63, 3.8) is 0 Å². The van der Waals surface area contributed by atoms with Gasteiger partial charge in [-0.3, -0.25) is 4.79 Å². The lowest BCUT2D eigenvalue weighted by atomic mass is 10.1. The Kier molecular flexibility index (Phi) is 4.81. The van der Waals surface area contributed by atoms with Gasteiger partial charge in [-0.1, -0.05) is 17.7 Å². The van der Waals surface area contributed by atoms with Crippen LogP contribution in [0.1, 0.15) is 16.8 Å². The molecule has 126 valence electrons. The molecule has 5 nitrogen and oxygen atoms in total. The molecule has 0 radical (unpaired) electrons. The van der Waals surface area contributed by atoms with Crippen LogP contribution in [0.3, 0.4) is 0 Å². The Hall–Kier alpha value is -2.40. The molecule has 24 heavy (non-hydrogen) atoms. The van der Waals surface area contributed by atoms with Crippen molar-refractivity contribution < 1.29 is 14.3 Å². The number of nitrogens with one attached hydrogen (secondary N) is 1. The zero-order valence-corrected chi connectivity index (χ0v) is 14.4. The summed E-state index contributed by atoms with van der Waals surface area (Å²) in [5.74, 6) is 0.967. The van der Waals surface area contributed by atoms with E-state index >= 15 is 0 Å². The zero-order chi connectivity index (χ0) is 17.1. The van der Waals surface area contributed by atoms with E-state index in [1.807, 2.05) is 37.2 Å². The minimum atomic E-state index is -0.227. The second-order valence-corrected chi connectivity index (χ2v) is 6.14. The molecule has 1 aliphatic rings. The normalized spacial score (nSPS) is 13.1. The van der Waals surface area contributed by atoms with Crippen LogP contribution in [0, 0.1) is 0 Å². The second kappa shape index (κ2) is 7.01. The largest absolute Gasteiger partial charge is 0.490 e. The number of ether oxygens (including phenoxy) is 2. The Bertz CT molecular complexity index is 762. The van der Waals surface area contributed by atoms with Crippen molar-refractivity contribution in [2.24, 2.45) is 0 Å². The van der Waals surface area contributed by atoms with Gasteiger partial charge in [0.15, 0.2) is 11.5 Å². The van der Waals surface area contributed by atoms with E-state index < -0.39 is 0 Å². The third kappa shape index (κ3) is 3.57. The van der Waals surface area contributed by atoms with E-state index in [1.165, 1.54) is 0 Å². The van der Waals surface area contributed by atoms with Crippen LogP contribution in [0.5, 0.6) is 11.5 Å². The average Bonchev–Trinajstić information content (AvgIpc) is 2.80. The molecule has 0 unspecified atom stereocenters. The molecule has 0 spiro atoms. The van der Waals surface area contributed by atoms with Crippen molar-refractivity contribution in [2.75, 3.05) is 37.5 Å². The third-order valence-electron chi connectivity index (χ3n) is 3.71. The van der Waals surface area contributed by atoms with Crippen LogP contribution in [-0.2, 0) is 0 Å². The van der Waals surface area contributed by atoms with Crippen LogP contribution in [-0.4, -0.2) is 33.2 Å². The van der Waals surface area contributed by atoms with Crippen LogP contribution < -0.4 is 19.7 Å². The van der Waals surface area contributed by atoms with Gasteiger partial charge in [-0.05, 0) is 18.2 Å². The fourth-order valence-electron chi connectivity index (χ4n) is 2.40. The number of halogens is 1. The highest BCUT2D eigenvalue weighted by Gasteiger charge is 2.16. The molecule has 0 atom stereocenters. The first-order chi connectivity index (χ1) is 11.5. The number of benzene rings is 2. The zero-order valence-electron chi connectivity index (χ0n) is 13.6. The van der Waals surface area contributed by atoms with Gasteiger partial charge in [0.05, 0.1) is 23.9 Å². The van der Waals surface area contributed by atoms with Gasteiger partial charge in [0.1, 0.15) is 0 Å². The summed E-state index contributed by atoms with van der Waals surface area (Å²) in [6.07, 6.45) is 0.811. The van der Waals surface area contributed by atoms with Crippen molar-refractivity contribution in [3.8, 4) is 11.5 Å². The molecule has 0 bridgehead atoms. The van der Waals surface area contributed by atoms with Gasteiger partial charge >= 0.3 is 0 Å². The smallest absolute Gasteiger partial charge is 0.255 e. The maximum atomic E-state index is 12.5. The number of carbonyl (C=O) groups excluding carboxylic acids is 1. The minimum absolute atomic E-state index is 0.227. The van der Waals surface area contributed by atoms with Crippen LogP contribution in [0.4, 0.5) is 11.4 Å². The molecule has 1 aliphatic heterocycles. The quantitative estimate of drug-likeness (QED) is 0.918. The van der Waals surface area contributed by atoms with Gasteiger partial charge in [-0.25, -0.2) is 0 Å². The highest BCUT2D eigenvalue weighted by molar-refractivity contribution is 6.34. The molecule has 1 N–H and O–H groups in total. The van der Waals surface area contributed by atoms with Crippen molar-refractivity contribution in [2.45, 2.75) is 6.42 Å². The lowest BCUT2D eigenvalue weighted by Gasteiger charge is -2.15. The topological polar surface area (TPSA) is 50.8 Å². The summed E-state index contributed by atoms with van der Waals surface area (Å²) < 4.78 is 11.2. The predicted octanol–water partition coefficient (Wildman–Crippen LogP) is 3.82. The van der Waals surface area contributed by atoms with E-state index in [4.69, 9.17) is 21.1 Å². The molecule has 3 rings (SSSR count). The molecule has 1 amide bonds. The summed E-state index contributed by atoms with van der Waals surface area (Å²) in [7, 11) is 3.86. The highest BCUT2D eigenvalue weighted by atomic mass is 35.5. The lowest BCUT2D eigenvalue weighted by Crippen LogP contribution is -2.14. The van der Waals surface area contributed by atoms with Gasteiger partial charge in [0.25, 0.3) is 5.91 Å². The molecule has 2 aromatic rings. The van der Waals surface area contributed by atoms with Gasteiger partial charge in [-0.2, -0.15) is 0 Å². The van der Waals surface area contributed by atoms with Gasteiger partial charge in [0, 0.05) is 43.9 Å². The molecule has 0 fully saturated rings. The number of amides is 1. The molecule has 0 aromatic heterocycles. The van der Waals surface area contributed by atoms with E-state index in [-0.39, 0.29) is 5.91 Å². The van der Waals surface area contributed by atoms with Crippen LogP contribution >= 0.6 is 11.6 Å². The fraction of sp³-hybridized carbons (Fsp3) is 0.278. The van der Waals surface area contributed by atoms with E-state index in [1.54, 1.807) is 18.2 Å². The van der Waals surface area contributed by atoms with Crippen molar-refractivity contribution in [3.05, 3.63) is 47.0 Å². The first-order valence-electron chi connectivity index (χ1n) is 7.72. The minimum Gasteiger partial charge on any atom is -0.490 e. The summed E-state index contributed by atoms with van der Waals surface area (Å²) in [6, 6.07) is 10.8. The fourth-order valence-corrected chi connectivity index (χ4v) is 2.60. The molecule has 0 aliphatic carbocycles. The van der Waals surface area contributed by atoms with E-state index in [2.05, 4.69) is 5.32 Å². The summed E-state index contributed by atoms with van der Waals surface area (Å²) in [6.45, 7) is 1.17. The maximum absolute atomic E-state index is 12.5. The first kappa shape index (κ1) is 16.5. The summed E-state index contributed by atoms with van der Waals surface area (Å²) in [5.41, 5.74) is 2.01. The van der Waals surface area contributed by atoms with Crippen molar-refractivity contribution in [1.82, 2.24) is 0 Å². The Balaban J connectivity index is 1.84.